The highest BCUT2D eigenvalue weighted by atomic mass is 16.1. The number of hydrogen-bond acceptors (Lipinski definition) is 7. The molecule has 36 heavy (non-hydrogen) atoms. The Bertz CT molecular complexity index is 1840. The number of carbonyl (C=O) groups is 1. The van der Waals surface area contributed by atoms with Crippen molar-refractivity contribution in [2.75, 3.05) is 36.6 Å². The number of aromatic nitrogens is 3. The molecule has 8 heteroatoms. The van der Waals surface area contributed by atoms with E-state index < -0.39 is 45.3 Å². The maximum atomic E-state index is 13.2. The van der Waals surface area contributed by atoms with Crippen molar-refractivity contribution in [2.24, 2.45) is 0 Å². The van der Waals surface area contributed by atoms with Gasteiger partial charge in [0.2, 0.25) is 5.95 Å². The Morgan fingerprint density at radius 3 is 2.94 bits per heavy atom. The average molecular weight is 493 g/mol. The normalized spacial score (nSPS) is 26.7. The van der Waals surface area contributed by atoms with Gasteiger partial charge in [0.1, 0.15) is 1.41 Å². The summed E-state index contributed by atoms with van der Waals surface area (Å²) in [6.45, 7) is -17.6. The number of aryl methyl sites for hydroxylation is 1. The van der Waals surface area contributed by atoms with E-state index >= 15 is 0 Å². The molecule has 8 nitrogen and oxygen atoms in total. The van der Waals surface area contributed by atoms with Crippen LogP contribution in [0.1, 0.15) is 37.9 Å². The Kier molecular flexibility index (Phi) is 3.91. The summed E-state index contributed by atoms with van der Waals surface area (Å²) in [5, 5.41) is 5.24. The van der Waals surface area contributed by atoms with Crippen LogP contribution < -0.4 is 15.9 Å². The molecule has 2 aromatic heterocycles. The highest BCUT2D eigenvalue weighted by Gasteiger charge is 2.12. The summed E-state index contributed by atoms with van der Waals surface area (Å²) in [5.74, 6) is -0.594. The van der Waals surface area contributed by atoms with Crippen LogP contribution in [0.3, 0.4) is 0 Å². The second kappa shape index (κ2) is 11.1. The van der Waals surface area contributed by atoms with Gasteiger partial charge >= 0.3 is 0 Å². The molecule has 0 bridgehead atoms. The van der Waals surface area contributed by atoms with Gasteiger partial charge in [-0.25, -0.2) is 9.97 Å². The number of rotatable bonds is 7. The minimum absolute atomic E-state index is 0.00790. The van der Waals surface area contributed by atoms with Gasteiger partial charge in [-0.1, -0.05) is 18.2 Å². The molecule has 0 aliphatic carbocycles. The summed E-state index contributed by atoms with van der Waals surface area (Å²) in [5.41, 5.74) is 1.15. The Morgan fingerprint density at radius 1 is 1.19 bits per heavy atom. The molecule has 0 radical (unpaired) electrons. The first-order chi connectivity index (χ1) is 22.7. The number of carbonyl (C=O) groups excluding carboxylic acids is 1. The van der Waals surface area contributed by atoms with E-state index in [0.29, 0.717) is 11.3 Å². The van der Waals surface area contributed by atoms with E-state index in [1.807, 2.05) is 0 Å². The van der Waals surface area contributed by atoms with Gasteiger partial charge in [0, 0.05) is 90.0 Å². The number of benzene rings is 2. The van der Waals surface area contributed by atoms with Crippen molar-refractivity contribution in [3.63, 3.8) is 0 Å². The molecular weight excluding hydrogens is 450 g/mol. The molecule has 5 rings (SSSR count). The molecule has 0 saturated carbocycles. The van der Waals surface area contributed by atoms with Crippen molar-refractivity contribution in [3.8, 4) is 11.3 Å². The number of hydrogen-bond donors (Lipinski definition) is 3. The van der Waals surface area contributed by atoms with Crippen LogP contribution in [0.25, 0.3) is 11.3 Å². The van der Waals surface area contributed by atoms with Crippen molar-refractivity contribution in [2.45, 2.75) is 13.3 Å². The first kappa shape index (κ1) is 12.7. The third kappa shape index (κ3) is 5.91. The lowest BCUT2D eigenvalue weighted by Gasteiger charge is -2.27. The summed E-state index contributed by atoms with van der Waals surface area (Å²) >= 11 is 0. The van der Waals surface area contributed by atoms with Crippen molar-refractivity contribution in [1.29, 1.82) is 0 Å². The quantitative estimate of drug-likeness (QED) is 0.355. The van der Waals surface area contributed by atoms with Crippen LogP contribution in [0.4, 0.5) is 17.3 Å². The number of pyridine rings is 1. The van der Waals surface area contributed by atoms with E-state index in [1.165, 1.54) is 36.5 Å². The lowest BCUT2D eigenvalue weighted by Crippen LogP contribution is -2.42. The summed E-state index contributed by atoms with van der Waals surface area (Å²) < 4.78 is 106. The minimum Gasteiger partial charge on any atom is -0.324 e. The predicted molar refractivity (Wildman–Crippen MR) is 142 cm³/mol. The number of anilines is 3. The Morgan fingerprint density at radius 2 is 2.11 bits per heavy atom. The first-order valence-corrected chi connectivity index (χ1v) is 10.8. The van der Waals surface area contributed by atoms with E-state index in [-0.39, 0.29) is 44.2 Å². The number of piperazine rings is 1. The average Bonchev–Trinajstić information content (AvgIpc) is 3.03. The van der Waals surface area contributed by atoms with Crippen molar-refractivity contribution >= 4 is 23.2 Å². The second-order valence-electron chi connectivity index (χ2n) is 7.50. The third-order valence-corrected chi connectivity index (χ3v) is 5.01. The van der Waals surface area contributed by atoms with Crippen LogP contribution in [0, 0.1) is 6.85 Å². The van der Waals surface area contributed by atoms with E-state index in [4.69, 9.17) is 17.9 Å². The smallest absolute Gasteiger partial charge is 0.255 e. The highest BCUT2D eigenvalue weighted by molar-refractivity contribution is 6.04. The van der Waals surface area contributed by atoms with Crippen LogP contribution in [-0.4, -0.2) is 51.8 Å². The molecule has 1 saturated heterocycles. The Balaban J connectivity index is 1.39. The third-order valence-electron chi connectivity index (χ3n) is 5.01. The molecule has 0 spiro atoms. The van der Waals surface area contributed by atoms with Crippen LogP contribution in [0.5, 0.6) is 0 Å². The molecular formula is C28H29N7O. The van der Waals surface area contributed by atoms with Gasteiger partial charge < -0.3 is 15.9 Å². The number of nitrogens with one attached hydrogen (secondary N) is 3. The first-order valence-electron chi connectivity index (χ1n) is 17.3. The van der Waals surface area contributed by atoms with Crippen molar-refractivity contribution in [3.05, 3.63) is 95.9 Å². The molecule has 1 aliphatic rings. The zero-order valence-corrected chi connectivity index (χ0v) is 18.7. The lowest BCUT2D eigenvalue weighted by molar-refractivity contribution is 0.102. The Hall–Kier alpha value is -4.14. The largest absolute Gasteiger partial charge is 0.324 e. The summed E-state index contributed by atoms with van der Waals surface area (Å²) in [4.78, 5) is 26.0. The topological polar surface area (TPSA) is 95.1 Å². The molecule has 1 amide bonds. The fourth-order valence-electron chi connectivity index (χ4n) is 3.27. The van der Waals surface area contributed by atoms with Crippen molar-refractivity contribution < 1.29 is 22.7 Å². The maximum absolute atomic E-state index is 13.2. The van der Waals surface area contributed by atoms with Crippen LogP contribution in [-0.2, 0) is 6.50 Å². The fourth-order valence-corrected chi connectivity index (χ4v) is 3.27. The van der Waals surface area contributed by atoms with E-state index in [1.54, 1.807) is 30.6 Å². The van der Waals surface area contributed by atoms with Crippen molar-refractivity contribution in [1.82, 2.24) is 25.2 Å². The SMILES string of the molecule is [2H]C1N(C([2H])([2H])c2ccc(C(=O)Nc3ccc(C([2H])([2H])[2H])c(Nc4nccc(-c5cccnc5)n4)c3)cc2)C([2H])([2H])C([2H])([2H])N([2H])C1([2H])[2H]. The number of nitrogens with zero attached hydrogens (tertiary/aromatic N) is 4. The molecule has 3 heterocycles. The van der Waals surface area contributed by atoms with Gasteiger partial charge in [-0.15, -0.1) is 0 Å². The molecule has 1 atom stereocenters. The lowest BCUT2D eigenvalue weighted by atomic mass is 10.1. The molecule has 182 valence electrons. The summed E-state index contributed by atoms with van der Waals surface area (Å²) in [6, 6.07) is 13.9. The molecule has 1 fully saturated rings. The zero-order chi connectivity index (χ0) is 36.2. The van der Waals surface area contributed by atoms with Crippen LogP contribution in [0.2, 0.25) is 1.41 Å². The molecule has 1 unspecified atom stereocenters. The van der Waals surface area contributed by atoms with E-state index in [0.717, 1.165) is 12.1 Å². The van der Waals surface area contributed by atoms with Gasteiger partial charge in [0.05, 0.1) is 5.69 Å². The molecule has 1 aliphatic heterocycles. The molecule has 3 N–H and O–H groups in total. The second-order valence-corrected chi connectivity index (χ2v) is 7.50. The number of amides is 1. The maximum Gasteiger partial charge on any atom is 0.255 e. The standard InChI is InChI=1S/C28H29N7O/c1-20-4-9-24(17-26(20)34-28-31-12-10-25(33-28)23-3-2-11-30-18-23)32-27(36)22-7-5-21(6-8-22)19-35-15-13-29-14-16-35/h2-12,17-18,29H,13-16,19H2,1H3,(H,32,36)(H,31,33,34)/i1D3,13D2,14D2,15D,16D2,19D2/hD. The predicted octanol–water partition coefficient (Wildman–Crippen LogP) is 4.25. The zero-order valence-electron chi connectivity index (χ0n) is 31.7. The monoisotopic (exact) mass is 492 g/mol. The van der Waals surface area contributed by atoms with Gasteiger partial charge in [0.15, 0.2) is 0 Å². The van der Waals surface area contributed by atoms with Crippen LogP contribution in [0.15, 0.2) is 79.3 Å². The van der Waals surface area contributed by atoms with Gasteiger partial charge in [0.25, 0.3) is 5.91 Å². The fraction of sp³-hybridized carbons (Fsp3) is 0.214. The highest BCUT2D eigenvalue weighted by Crippen LogP contribution is 2.24. The van der Waals surface area contributed by atoms with E-state index in [2.05, 4.69) is 25.6 Å². The minimum atomic E-state index is -3.35. The van der Waals surface area contributed by atoms with Gasteiger partial charge in [-0.05, 0) is 60.4 Å². The van der Waals surface area contributed by atoms with E-state index in [9.17, 15) is 4.79 Å². The summed E-state index contributed by atoms with van der Waals surface area (Å²) in [6.07, 6.45) is 4.71. The summed E-state index contributed by atoms with van der Waals surface area (Å²) in [7, 11) is 0. The Labute approximate surface area is 229 Å². The molecule has 2 aromatic carbocycles. The van der Waals surface area contributed by atoms with Gasteiger partial charge in [-0.3, -0.25) is 14.7 Å². The van der Waals surface area contributed by atoms with Crippen LogP contribution >= 0.6 is 0 Å². The van der Waals surface area contributed by atoms with Gasteiger partial charge in [-0.2, -0.15) is 0 Å². The molecule has 4 aromatic rings.